The van der Waals surface area contributed by atoms with Gasteiger partial charge < -0.3 is 20.1 Å². The van der Waals surface area contributed by atoms with Crippen LogP contribution in [-0.4, -0.2) is 51.8 Å². The minimum atomic E-state index is -0.317. The minimum absolute atomic E-state index is 0.0778. The minimum Gasteiger partial charge on any atom is -0.469 e. The van der Waals surface area contributed by atoms with E-state index < -0.39 is 0 Å². The molecule has 0 aliphatic heterocycles. The summed E-state index contributed by atoms with van der Waals surface area (Å²) < 4.78 is 9.36. The molecule has 17 heavy (non-hydrogen) atoms. The van der Waals surface area contributed by atoms with E-state index in [1.165, 1.54) is 7.11 Å². The van der Waals surface area contributed by atoms with E-state index in [9.17, 15) is 9.59 Å². The molecule has 0 aromatic rings. The highest BCUT2D eigenvalue weighted by molar-refractivity contribution is 5.81. The molecule has 6 nitrogen and oxygen atoms in total. The fourth-order valence-corrected chi connectivity index (χ4v) is 1.17. The molecule has 2 N–H and O–H groups in total. The third kappa shape index (κ3) is 8.65. The molecular weight excluding hydrogens is 224 g/mol. The van der Waals surface area contributed by atoms with Crippen molar-refractivity contribution in [2.75, 3.05) is 33.9 Å². The van der Waals surface area contributed by atoms with Crippen LogP contribution in [0.1, 0.15) is 19.8 Å². The SMILES string of the molecule is COCCCNC(=O)C(C)NCCC(=O)OC. The number of amides is 1. The number of carbonyl (C=O) groups excluding carboxylic acids is 2. The number of methoxy groups -OCH3 is 2. The van der Waals surface area contributed by atoms with Crippen LogP contribution >= 0.6 is 0 Å². The molecule has 0 spiro atoms. The zero-order valence-electron chi connectivity index (χ0n) is 10.7. The van der Waals surface area contributed by atoms with Crippen molar-refractivity contribution in [2.45, 2.75) is 25.8 Å². The molecule has 0 saturated heterocycles. The van der Waals surface area contributed by atoms with Gasteiger partial charge in [0.25, 0.3) is 0 Å². The van der Waals surface area contributed by atoms with Gasteiger partial charge in [0.05, 0.1) is 19.6 Å². The fourth-order valence-electron chi connectivity index (χ4n) is 1.17. The van der Waals surface area contributed by atoms with Crippen molar-refractivity contribution in [3.8, 4) is 0 Å². The first-order chi connectivity index (χ1) is 8.11. The lowest BCUT2D eigenvalue weighted by Crippen LogP contribution is -2.43. The van der Waals surface area contributed by atoms with Crippen LogP contribution in [0.25, 0.3) is 0 Å². The molecular formula is C11H22N2O4. The third-order valence-corrected chi connectivity index (χ3v) is 2.23. The third-order valence-electron chi connectivity index (χ3n) is 2.23. The van der Waals surface area contributed by atoms with Crippen LogP contribution in [-0.2, 0) is 19.1 Å². The average Bonchev–Trinajstić information content (AvgIpc) is 2.33. The number of hydrogen-bond acceptors (Lipinski definition) is 5. The van der Waals surface area contributed by atoms with E-state index >= 15 is 0 Å². The fraction of sp³-hybridized carbons (Fsp3) is 0.818. The number of rotatable bonds is 9. The van der Waals surface area contributed by atoms with Gasteiger partial charge in [0.1, 0.15) is 0 Å². The van der Waals surface area contributed by atoms with E-state index in [0.717, 1.165) is 6.42 Å². The Morgan fingerprint density at radius 3 is 2.53 bits per heavy atom. The molecule has 0 aromatic heterocycles. The number of carbonyl (C=O) groups is 2. The zero-order valence-corrected chi connectivity index (χ0v) is 10.7. The largest absolute Gasteiger partial charge is 0.469 e. The van der Waals surface area contributed by atoms with Crippen molar-refractivity contribution < 1.29 is 19.1 Å². The Morgan fingerprint density at radius 1 is 1.24 bits per heavy atom. The lowest BCUT2D eigenvalue weighted by Gasteiger charge is -2.13. The van der Waals surface area contributed by atoms with E-state index in [4.69, 9.17) is 4.74 Å². The standard InChI is InChI=1S/C11H22N2O4/c1-9(12-7-5-10(14)17-3)11(15)13-6-4-8-16-2/h9,12H,4-8H2,1-3H3,(H,13,15). The van der Waals surface area contributed by atoms with Crippen molar-refractivity contribution >= 4 is 11.9 Å². The molecule has 100 valence electrons. The Balaban J connectivity index is 3.56. The lowest BCUT2D eigenvalue weighted by molar-refractivity contribution is -0.140. The van der Waals surface area contributed by atoms with Gasteiger partial charge >= 0.3 is 5.97 Å². The Hall–Kier alpha value is -1.14. The molecule has 0 radical (unpaired) electrons. The molecule has 0 aromatic carbocycles. The molecule has 6 heteroatoms. The summed E-state index contributed by atoms with van der Waals surface area (Å²) >= 11 is 0. The predicted molar refractivity (Wildman–Crippen MR) is 63.6 cm³/mol. The summed E-state index contributed by atoms with van der Waals surface area (Å²) in [5, 5.41) is 5.72. The van der Waals surface area contributed by atoms with Crippen LogP contribution in [0.3, 0.4) is 0 Å². The molecule has 0 bridgehead atoms. The summed E-state index contributed by atoms with van der Waals surface area (Å²) in [6.45, 7) is 3.41. The Labute approximate surface area is 102 Å². The second-order valence-electron chi connectivity index (χ2n) is 3.64. The highest BCUT2D eigenvalue weighted by Crippen LogP contribution is 1.87. The van der Waals surface area contributed by atoms with Gasteiger partial charge in [-0.1, -0.05) is 0 Å². The number of nitrogens with one attached hydrogen (secondary N) is 2. The van der Waals surface area contributed by atoms with Crippen molar-refractivity contribution in [1.29, 1.82) is 0 Å². The molecule has 0 heterocycles. The molecule has 0 fully saturated rings. The molecule has 0 aliphatic carbocycles. The van der Waals surface area contributed by atoms with E-state index in [-0.39, 0.29) is 24.3 Å². The number of esters is 1. The first-order valence-corrected chi connectivity index (χ1v) is 5.68. The summed E-state index contributed by atoms with van der Waals surface area (Å²) in [6.07, 6.45) is 1.05. The maximum Gasteiger partial charge on any atom is 0.306 e. The monoisotopic (exact) mass is 246 g/mol. The normalized spacial score (nSPS) is 11.9. The van der Waals surface area contributed by atoms with Crippen molar-refractivity contribution in [3.05, 3.63) is 0 Å². The van der Waals surface area contributed by atoms with E-state index in [1.54, 1.807) is 14.0 Å². The van der Waals surface area contributed by atoms with Crippen molar-refractivity contribution in [1.82, 2.24) is 10.6 Å². The lowest BCUT2D eigenvalue weighted by atomic mass is 10.3. The molecule has 1 amide bonds. The summed E-state index contributed by atoms with van der Waals surface area (Å²) in [4.78, 5) is 22.4. The van der Waals surface area contributed by atoms with E-state index in [0.29, 0.717) is 19.7 Å². The van der Waals surface area contributed by atoms with Crippen LogP contribution in [0.5, 0.6) is 0 Å². The van der Waals surface area contributed by atoms with Crippen LogP contribution in [0.15, 0.2) is 0 Å². The van der Waals surface area contributed by atoms with Gasteiger partial charge in [0.15, 0.2) is 0 Å². The smallest absolute Gasteiger partial charge is 0.306 e. The zero-order chi connectivity index (χ0) is 13.1. The molecule has 1 unspecified atom stereocenters. The second kappa shape index (κ2) is 10.0. The summed E-state index contributed by atoms with van der Waals surface area (Å²) in [5.74, 6) is -0.365. The molecule has 0 aliphatic rings. The maximum atomic E-state index is 11.5. The second-order valence-corrected chi connectivity index (χ2v) is 3.64. The van der Waals surface area contributed by atoms with Gasteiger partial charge in [-0.25, -0.2) is 0 Å². The molecule has 1 atom stereocenters. The van der Waals surface area contributed by atoms with E-state index in [2.05, 4.69) is 15.4 Å². The molecule has 0 rings (SSSR count). The van der Waals surface area contributed by atoms with Gasteiger partial charge in [-0.15, -0.1) is 0 Å². The summed E-state index contributed by atoms with van der Waals surface area (Å²) in [6, 6.07) is -0.317. The first-order valence-electron chi connectivity index (χ1n) is 5.68. The van der Waals surface area contributed by atoms with Gasteiger partial charge in [-0.2, -0.15) is 0 Å². The summed E-state index contributed by atoms with van der Waals surface area (Å²) in [5.41, 5.74) is 0. The Bertz CT molecular complexity index is 234. The van der Waals surface area contributed by atoms with Gasteiger partial charge in [-0.3, -0.25) is 9.59 Å². The number of hydrogen-bond donors (Lipinski definition) is 2. The highest BCUT2D eigenvalue weighted by atomic mass is 16.5. The Kier molecular flexibility index (Phi) is 9.37. The van der Waals surface area contributed by atoms with Crippen LogP contribution < -0.4 is 10.6 Å². The Morgan fingerprint density at radius 2 is 1.94 bits per heavy atom. The maximum absolute atomic E-state index is 11.5. The van der Waals surface area contributed by atoms with Crippen LogP contribution in [0, 0.1) is 0 Å². The number of ether oxygens (including phenoxy) is 2. The van der Waals surface area contributed by atoms with Crippen LogP contribution in [0.2, 0.25) is 0 Å². The predicted octanol–water partition coefficient (Wildman–Crippen LogP) is -0.320. The topological polar surface area (TPSA) is 76.7 Å². The van der Waals surface area contributed by atoms with Gasteiger partial charge in [0.2, 0.25) is 5.91 Å². The van der Waals surface area contributed by atoms with Crippen molar-refractivity contribution in [2.24, 2.45) is 0 Å². The quantitative estimate of drug-likeness (QED) is 0.431. The van der Waals surface area contributed by atoms with Crippen molar-refractivity contribution in [3.63, 3.8) is 0 Å². The van der Waals surface area contributed by atoms with Gasteiger partial charge in [0, 0.05) is 26.8 Å². The first kappa shape index (κ1) is 15.9. The van der Waals surface area contributed by atoms with E-state index in [1.807, 2.05) is 0 Å². The van der Waals surface area contributed by atoms with Gasteiger partial charge in [-0.05, 0) is 13.3 Å². The molecule has 0 saturated carbocycles. The highest BCUT2D eigenvalue weighted by Gasteiger charge is 2.11. The summed E-state index contributed by atoms with van der Waals surface area (Å²) in [7, 11) is 2.97. The van der Waals surface area contributed by atoms with Crippen LogP contribution in [0.4, 0.5) is 0 Å². The average molecular weight is 246 g/mol.